The Morgan fingerprint density at radius 3 is 1.81 bits per heavy atom. The molecule has 0 fully saturated rings. The lowest BCUT2D eigenvalue weighted by Crippen LogP contribution is -1.96. The van der Waals surface area contributed by atoms with Gasteiger partial charge in [0.25, 0.3) is 0 Å². The van der Waals surface area contributed by atoms with Gasteiger partial charge in [-0.3, -0.25) is 0 Å². The van der Waals surface area contributed by atoms with Crippen LogP contribution in [0.2, 0.25) is 0 Å². The lowest BCUT2D eigenvalue weighted by Gasteiger charge is -2.12. The third-order valence-corrected chi connectivity index (χ3v) is 4.48. The fraction of sp³-hybridized carbons (Fsp3) is 0.714. The second-order valence-electron chi connectivity index (χ2n) is 6.79. The minimum atomic E-state index is 0.657. The molecule has 0 unspecified atom stereocenters. The summed E-state index contributed by atoms with van der Waals surface area (Å²) in [5, 5.41) is 0. The first kappa shape index (κ1) is 18.3. The van der Waals surface area contributed by atoms with Gasteiger partial charge in [0.1, 0.15) is 0 Å². The summed E-state index contributed by atoms with van der Waals surface area (Å²) >= 11 is 0. The summed E-state index contributed by atoms with van der Waals surface area (Å²) in [7, 11) is 0. The van der Waals surface area contributed by atoms with Crippen LogP contribution in [-0.2, 0) is 6.42 Å². The molecule has 1 aromatic carbocycles. The molecule has 120 valence electrons. The third kappa shape index (κ3) is 8.29. The predicted octanol–water partition coefficient (Wildman–Crippen LogP) is 7.27. The van der Waals surface area contributed by atoms with E-state index in [4.69, 9.17) is 0 Å². The van der Waals surface area contributed by atoms with Crippen LogP contribution in [0.4, 0.5) is 0 Å². The van der Waals surface area contributed by atoms with Gasteiger partial charge in [-0.15, -0.1) is 0 Å². The summed E-state index contributed by atoms with van der Waals surface area (Å²) in [4.78, 5) is 0. The van der Waals surface area contributed by atoms with Crippen molar-refractivity contribution in [3.63, 3.8) is 0 Å². The monoisotopic (exact) mass is 288 g/mol. The molecule has 1 aromatic rings. The smallest absolute Gasteiger partial charge is 0.0216 e. The largest absolute Gasteiger partial charge is 0.0654 e. The van der Waals surface area contributed by atoms with E-state index in [-0.39, 0.29) is 0 Å². The molecule has 0 atom stereocenters. The van der Waals surface area contributed by atoms with Crippen molar-refractivity contribution < 1.29 is 0 Å². The van der Waals surface area contributed by atoms with Crippen molar-refractivity contribution in [2.24, 2.45) is 0 Å². The Kier molecular flexibility index (Phi) is 10.3. The molecule has 0 aromatic heterocycles. The topological polar surface area (TPSA) is 0 Å². The van der Waals surface area contributed by atoms with Crippen LogP contribution in [0.25, 0.3) is 0 Å². The zero-order valence-corrected chi connectivity index (χ0v) is 14.7. The minimum Gasteiger partial charge on any atom is -0.0654 e. The zero-order valence-electron chi connectivity index (χ0n) is 14.7. The van der Waals surface area contributed by atoms with Gasteiger partial charge in [-0.1, -0.05) is 103 Å². The van der Waals surface area contributed by atoms with E-state index in [0.717, 1.165) is 0 Å². The van der Waals surface area contributed by atoms with Crippen molar-refractivity contribution >= 4 is 0 Å². The van der Waals surface area contributed by atoms with Crippen molar-refractivity contribution in [2.45, 2.75) is 97.3 Å². The van der Waals surface area contributed by atoms with Gasteiger partial charge in [0.15, 0.2) is 0 Å². The average Bonchev–Trinajstić information content (AvgIpc) is 2.49. The van der Waals surface area contributed by atoms with Gasteiger partial charge in [0, 0.05) is 0 Å². The molecule has 0 aliphatic heterocycles. The number of benzene rings is 1. The van der Waals surface area contributed by atoms with Gasteiger partial charge in [-0.2, -0.15) is 0 Å². The summed E-state index contributed by atoms with van der Waals surface area (Å²) in [6.45, 7) is 6.90. The molecule has 0 saturated heterocycles. The Bertz CT molecular complexity index is 351. The number of hydrogen-bond donors (Lipinski definition) is 0. The summed E-state index contributed by atoms with van der Waals surface area (Å²) in [5.41, 5.74) is 3.13. The lowest BCUT2D eigenvalue weighted by atomic mass is 9.94. The molecule has 0 amide bonds. The maximum Gasteiger partial charge on any atom is -0.0216 e. The maximum absolute atomic E-state index is 2.32. The van der Waals surface area contributed by atoms with Crippen LogP contribution >= 0.6 is 0 Å². The van der Waals surface area contributed by atoms with Crippen LogP contribution in [-0.4, -0.2) is 0 Å². The van der Waals surface area contributed by atoms with Crippen LogP contribution in [0.15, 0.2) is 24.3 Å². The molecule has 0 saturated carbocycles. The van der Waals surface area contributed by atoms with Gasteiger partial charge >= 0.3 is 0 Å². The Hall–Kier alpha value is -0.780. The van der Waals surface area contributed by atoms with Gasteiger partial charge in [-0.25, -0.2) is 0 Å². The van der Waals surface area contributed by atoms with Crippen molar-refractivity contribution in [1.82, 2.24) is 0 Å². The van der Waals surface area contributed by atoms with Gasteiger partial charge in [0.2, 0.25) is 0 Å². The van der Waals surface area contributed by atoms with Crippen LogP contribution in [0, 0.1) is 0 Å². The Morgan fingerprint density at radius 2 is 1.24 bits per heavy atom. The van der Waals surface area contributed by atoms with E-state index in [0.29, 0.717) is 5.92 Å². The molecule has 0 nitrogen and oxygen atoms in total. The van der Waals surface area contributed by atoms with Crippen LogP contribution < -0.4 is 0 Å². The van der Waals surface area contributed by atoms with E-state index in [1.165, 1.54) is 70.6 Å². The standard InChI is InChI=1S/C21H36/c1-4-5-6-7-8-9-10-11-12-13-16-20-17-14-15-18-21(20)19(2)3/h14-15,17-19H,4-13,16H2,1-3H3. The summed E-state index contributed by atoms with van der Waals surface area (Å²) in [6, 6.07) is 8.99. The summed E-state index contributed by atoms with van der Waals surface area (Å²) < 4.78 is 0. The lowest BCUT2D eigenvalue weighted by molar-refractivity contribution is 0.556. The highest BCUT2D eigenvalue weighted by Crippen LogP contribution is 2.21. The molecular weight excluding hydrogens is 252 g/mol. The first-order valence-corrected chi connectivity index (χ1v) is 9.33. The molecule has 0 bridgehead atoms. The molecule has 0 aliphatic rings. The molecule has 0 radical (unpaired) electrons. The van der Waals surface area contributed by atoms with E-state index in [9.17, 15) is 0 Å². The van der Waals surface area contributed by atoms with Crippen molar-refractivity contribution in [1.29, 1.82) is 0 Å². The average molecular weight is 289 g/mol. The highest BCUT2D eigenvalue weighted by Gasteiger charge is 2.04. The normalized spacial score (nSPS) is 11.2. The van der Waals surface area contributed by atoms with Crippen molar-refractivity contribution in [3.05, 3.63) is 35.4 Å². The predicted molar refractivity (Wildman–Crippen MR) is 96.1 cm³/mol. The SMILES string of the molecule is CCCCCCCCCCCCc1ccccc1C(C)C. The van der Waals surface area contributed by atoms with Crippen LogP contribution in [0.1, 0.15) is 102 Å². The zero-order chi connectivity index (χ0) is 15.3. The molecule has 0 aliphatic carbocycles. The van der Waals surface area contributed by atoms with Gasteiger partial charge < -0.3 is 0 Å². The maximum atomic E-state index is 2.32. The van der Waals surface area contributed by atoms with Crippen molar-refractivity contribution in [3.8, 4) is 0 Å². The second-order valence-corrected chi connectivity index (χ2v) is 6.79. The number of rotatable bonds is 12. The Balaban J connectivity index is 2.04. The van der Waals surface area contributed by atoms with Crippen LogP contribution in [0.3, 0.4) is 0 Å². The molecule has 21 heavy (non-hydrogen) atoms. The van der Waals surface area contributed by atoms with Gasteiger partial charge in [-0.05, 0) is 29.9 Å². The van der Waals surface area contributed by atoms with Crippen LogP contribution in [0.5, 0.6) is 0 Å². The number of aryl methyl sites for hydroxylation is 1. The molecule has 1 rings (SSSR count). The van der Waals surface area contributed by atoms with E-state index < -0.39 is 0 Å². The first-order valence-electron chi connectivity index (χ1n) is 9.33. The minimum absolute atomic E-state index is 0.657. The highest BCUT2D eigenvalue weighted by molar-refractivity contribution is 5.29. The highest BCUT2D eigenvalue weighted by atomic mass is 14.1. The molecule has 0 heterocycles. The van der Waals surface area contributed by atoms with Crippen molar-refractivity contribution in [2.75, 3.05) is 0 Å². The summed E-state index contributed by atoms with van der Waals surface area (Å²) in [5.74, 6) is 0.657. The number of hydrogen-bond acceptors (Lipinski definition) is 0. The quantitative estimate of drug-likeness (QED) is 0.355. The fourth-order valence-electron chi connectivity index (χ4n) is 3.13. The molecule has 0 heteroatoms. The molecular formula is C21H36. The number of unbranched alkanes of at least 4 members (excludes halogenated alkanes) is 9. The Morgan fingerprint density at radius 1 is 0.714 bits per heavy atom. The Labute approximate surface area is 133 Å². The molecule has 0 spiro atoms. The van der Waals surface area contributed by atoms with E-state index in [1.54, 1.807) is 11.1 Å². The van der Waals surface area contributed by atoms with E-state index in [2.05, 4.69) is 45.0 Å². The third-order valence-electron chi connectivity index (χ3n) is 4.48. The van der Waals surface area contributed by atoms with E-state index in [1.807, 2.05) is 0 Å². The van der Waals surface area contributed by atoms with E-state index >= 15 is 0 Å². The van der Waals surface area contributed by atoms with Gasteiger partial charge in [0.05, 0.1) is 0 Å². The molecule has 0 N–H and O–H groups in total. The first-order chi connectivity index (χ1) is 10.3. The second kappa shape index (κ2) is 11.8. The summed E-state index contributed by atoms with van der Waals surface area (Å²) in [6.07, 6.45) is 15.5. The fourth-order valence-corrected chi connectivity index (χ4v) is 3.13.